The molecule has 0 saturated carbocycles. The molecule has 3 amide bonds. The topological polar surface area (TPSA) is 114 Å². The van der Waals surface area contributed by atoms with Crippen molar-refractivity contribution < 1.29 is 19.1 Å². The van der Waals surface area contributed by atoms with Crippen molar-refractivity contribution in [1.29, 1.82) is 0 Å². The molecular formula is C28H33N5O4S. The SMILES string of the molecule is Cc1cc(NC(=O)C(=O)N2CC(C)CCC2c2ccc(-c3cncs3)cc2)cnc1NC(=O)OC(C)(C)C. The van der Waals surface area contributed by atoms with Crippen molar-refractivity contribution in [2.45, 2.75) is 59.1 Å². The first-order valence-electron chi connectivity index (χ1n) is 12.6. The van der Waals surface area contributed by atoms with Gasteiger partial charge in [-0.25, -0.2) is 9.78 Å². The second-order valence-corrected chi connectivity index (χ2v) is 11.5. The van der Waals surface area contributed by atoms with Gasteiger partial charge in [0, 0.05) is 12.7 Å². The number of rotatable bonds is 4. The maximum Gasteiger partial charge on any atom is 0.413 e. The highest BCUT2D eigenvalue weighted by atomic mass is 32.1. The number of carbonyl (C=O) groups is 3. The molecule has 0 spiro atoms. The highest BCUT2D eigenvalue weighted by Gasteiger charge is 2.34. The van der Waals surface area contributed by atoms with E-state index in [1.54, 1.807) is 55.5 Å². The van der Waals surface area contributed by atoms with Gasteiger partial charge in [-0.2, -0.15) is 0 Å². The summed E-state index contributed by atoms with van der Waals surface area (Å²) in [5.41, 5.74) is 4.22. The predicted octanol–water partition coefficient (Wildman–Crippen LogP) is 5.80. The Bertz CT molecular complexity index is 1300. The van der Waals surface area contributed by atoms with Crippen LogP contribution in [0.5, 0.6) is 0 Å². The number of aryl methyl sites for hydroxylation is 1. The summed E-state index contributed by atoms with van der Waals surface area (Å²) in [6.07, 6.45) is 4.37. The van der Waals surface area contributed by atoms with Gasteiger partial charge in [-0.05, 0) is 69.2 Å². The lowest BCUT2D eigenvalue weighted by molar-refractivity contribution is -0.146. The van der Waals surface area contributed by atoms with E-state index >= 15 is 0 Å². The summed E-state index contributed by atoms with van der Waals surface area (Å²) in [4.78, 5) is 49.5. The molecule has 3 heterocycles. The molecule has 38 heavy (non-hydrogen) atoms. The molecule has 2 unspecified atom stereocenters. The van der Waals surface area contributed by atoms with Gasteiger partial charge >= 0.3 is 17.9 Å². The minimum Gasteiger partial charge on any atom is -0.444 e. The number of thiazole rings is 1. The van der Waals surface area contributed by atoms with Crippen LogP contribution in [0, 0.1) is 12.8 Å². The number of carbonyl (C=O) groups excluding carboxylic acids is 3. The third kappa shape index (κ3) is 6.74. The molecule has 1 fully saturated rings. The Hall–Kier alpha value is -3.79. The number of amides is 3. The van der Waals surface area contributed by atoms with Crippen molar-refractivity contribution >= 4 is 40.7 Å². The first-order valence-corrected chi connectivity index (χ1v) is 13.5. The maximum absolute atomic E-state index is 13.3. The number of aromatic nitrogens is 2. The van der Waals surface area contributed by atoms with Crippen molar-refractivity contribution in [3.8, 4) is 10.4 Å². The van der Waals surface area contributed by atoms with E-state index in [9.17, 15) is 14.4 Å². The van der Waals surface area contributed by atoms with Crippen LogP contribution in [0.2, 0.25) is 0 Å². The number of piperidine rings is 1. The van der Waals surface area contributed by atoms with Crippen molar-refractivity contribution in [1.82, 2.24) is 14.9 Å². The fourth-order valence-corrected chi connectivity index (χ4v) is 5.07. The van der Waals surface area contributed by atoms with Gasteiger partial charge in [-0.3, -0.25) is 19.9 Å². The smallest absolute Gasteiger partial charge is 0.413 e. The summed E-state index contributed by atoms with van der Waals surface area (Å²) in [5.74, 6) is -0.696. The van der Waals surface area contributed by atoms with E-state index in [2.05, 4.69) is 27.5 Å². The summed E-state index contributed by atoms with van der Waals surface area (Å²) in [6.45, 7) is 9.65. The fourth-order valence-electron chi connectivity index (χ4n) is 4.44. The molecule has 1 aliphatic heterocycles. The van der Waals surface area contributed by atoms with Crippen LogP contribution in [0.4, 0.5) is 16.3 Å². The molecule has 2 aromatic heterocycles. The summed E-state index contributed by atoms with van der Waals surface area (Å²) < 4.78 is 5.26. The van der Waals surface area contributed by atoms with Crippen LogP contribution in [-0.4, -0.2) is 44.9 Å². The number of hydrogen-bond donors (Lipinski definition) is 2. The van der Waals surface area contributed by atoms with Crippen LogP contribution in [0.25, 0.3) is 10.4 Å². The maximum atomic E-state index is 13.3. The Labute approximate surface area is 226 Å². The van der Waals surface area contributed by atoms with E-state index in [1.165, 1.54) is 6.20 Å². The Morgan fingerprint density at radius 2 is 1.82 bits per heavy atom. The highest BCUT2D eigenvalue weighted by molar-refractivity contribution is 7.13. The third-order valence-electron chi connectivity index (χ3n) is 6.24. The van der Waals surface area contributed by atoms with E-state index in [0.29, 0.717) is 29.5 Å². The van der Waals surface area contributed by atoms with E-state index < -0.39 is 23.5 Å². The van der Waals surface area contributed by atoms with Gasteiger partial charge in [0.25, 0.3) is 0 Å². The summed E-state index contributed by atoms with van der Waals surface area (Å²) in [5, 5.41) is 5.27. The highest BCUT2D eigenvalue weighted by Crippen LogP contribution is 2.35. The average Bonchev–Trinajstić information content (AvgIpc) is 3.39. The number of likely N-dealkylation sites (tertiary alicyclic amines) is 1. The van der Waals surface area contributed by atoms with Gasteiger partial charge in [0.2, 0.25) is 0 Å². The molecule has 10 heteroatoms. The second-order valence-electron chi connectivity index (χ2n) is 10.6. The van der Waals surface area contributed by atoms with E-state index in [-0.39, 0.29) is 6.04 Å². The molecule has 2 N–H and O–H groups in total. The monoisotopic (exact) mass is 535 g/mol. The largest absolute Gasteiger partial charge is 0.444 e. The molecule has 2 atom stereocenters. The van der Waals surface area contributed by atoms with Crippen molar-refractivity contribution in [3.05, 3.63) is 59.4 Å². The lowest BCUT2D eigenvalue weighted by Gasteiger charge is -2.38. The standard InChI is InChI=1S/C28H33N5O4S/c1-17-6-11-22(19-7-9-20(10-8-19)23-14-29-16-38-23)33(15-17)26(35)25(34)31-21-12-18(2)24(30-13-21)32-27(36)37-28(3,4)5/h7-10,12-14,16-17,22H,6,11,15H2,1-5H3,(H,31,34)(H,30,32,36). The molecule has 0 aliphatic carbocycles. The van der Waals surface area contributed by atoms with Crippen LogP contribution in [0.15, 0.2) is 48.2 Å². The number of nitrogens with one attached hydrogen (secondary N) is 2. The molecule has 1 saturated heterocycles. The van der Waals surface area contributed by atoms with Gasteiger partial charge in [-0.15, -0.1) is 11.3 Å². The Balaban J connectivity index is 1.44. The van der Waals surface area contributed by atoms with Crippen LogP contribution >= 0.6 is 11.3 Å². The summed E-state index contributed by atoms with van der Waals surface area (Å²) >= 11 is 1.57. The molecule has 0 bridgehead atoms. The van der Waals surface area contributed by atoms with Crippen molar-refractivity contribution in [2.24, 2.45) is 5.92 Å². The minimum atomic E-state index is -0.723. The Kier molecular flexibility index (Phi) is 8.11. The zero-order valence-corrected chi connectivity index (χ0v) is 23.1. The third-order valence-corrected chi connectivity index (χ3v) is 7.06. The lowest BCUT2D eigenvalue weighted by atomic mass is 9.89. The normalized spacial score (nSPS) is 17.6. The Morgan fingerprint density at radius 3 is 2.45 bits per heavy atom. The van der Waals surface area contributed by atoms with E-state index in [1.807, 2.05) is 30.5 Å². The number of benzene rings is 1. The minimum absolute atomic E-state index is 0.180. The predicted molar refractivity (Wildman–Crippen MR) is 148 cm³/mol. The number of ether oxygens (including phenoxy) is 1. The average molecular weight is 536 g/mol. The van der Waals surface area contributed by atoms with Gasteiger partial charge < -0.3 is 15.0 Å². The van der Waals surface area contributed by atoms with Crippen molar-refractivity contribution in [3.63, 3.8) is 0 Å². The van der Waals surface area contributed by atoms with Crippen LogP contribution in [-0.2, 0) is 14.3 Å². The molecular weight excluding hydrogens is 502 g/mol. The quantitative estimate of drug-likeness (QED) is 0.408. The Morgan fingerprint density at radius 1 is 1.08 bits per heavy atom. The van der Waals surface area contributed by atoms with Gasteiger partial charge in [-0.1, -0.05) is 31.2 Å². The summed E-state index contributed by atoms with van der Waals surface area (Å²) in [6, 6.07) is 9.59. The molecule has 0 radical (unpaired) electrons. The van der Waals surface area contributed by atoms with Gasteiger partial charge in [0.1, 0.15) is 11.4 Å². The van der Waals surface area contributed by atoms with E-state index in [4.69, 9.17) is 4.74 Å². The molecule has 200 valence electrons. The number of nitrogens with zero attached hydrogens (tertiary/aromatic N) is 3. The number of anilines is 2. The zero-order chi connectivity index (χ0) is 27.4. The van der Waals surface area contributed by atoms with Crippen molar-refractivity contribution in [2.75, 3.05) is 17.2 Å². The molecule has 1 aliphatic rings. The number of pyridine rings is 1. The van der Waals surface area contributed by atoms with Crippen LogP contribution in [0.1, 0.15) is 57.7 Å². The van der Waals surface area contributed by atoms with Gasteiger partial charge in [0.15, 0.2) is 0 Å². The lowest BCUT2D eigenvalue weighted by Crippen LogP contribution is -2.46. The molecule has 3 aromatic rings. The molecule has 4 rings (SSSR count). The number of hydrogen-bond acceptors (Lipinski definition) is 7. The first-order chi connectivity index (χ1) is 18.0. The van der Waals surface area contributed by atoms with Crippen LogP contribution < -0.4 is 10.6 Å². The molecule has 1 aromatic carbocycles. The summed E-state index contributed by atoms with van der Waals surface area (Å²) in [7, 11) is 0. The molecule has 9 nitrogen and oxygen atoms in total. The van der Waals surface area contributed by atoms with Gasteiger partial charge in [0.05, 0.1) is 28.3 Å². The fraction of sp³-hybridized carbons (Fsp3) is 0.393. The van der Waals surface area contributed by atoms with E-state index in [0.717, 1.165) is 28.8 Å². The first kappa shape index (κ1) is 27.3. The zero-order valence-electron chi connectivity index (χ0n) is 22.3. The second kappa shape index (κ2) is 11.3. The van der Waals surface area contributed by atoms with Crippen LogP contribution in [0.3, 0.4) is 0 Å².